The Hall–Kier alpha value is -1.54. The lowest BCUT2D eigenvalue weighted by Gasteiger charge is -2.26. The van der Waals surface area contributed by atoms with Gasteiger partial charge < -0.3 is 10.5 Å². The molecular weight excluding hydrogens is 370 g/mol. The first-order valence-corrected chi connectivity index (χ1v) is 9.06. The third-order valence-electron chi connectivity index (χ3n) is 2.97. The van der Waals surface area contributed by atoms with E-state index < -0.39 is 16.5 Å². The summed E-state index contributed by atoms with van der Waals surface area (Å²) in [7, 11) is -2.72. The summed E-state index contributed by atoms with van der Waals surface area (Å²) in [6, 6.07) is 11.8. The maximum atomic E-state index is 11.4. The smallest absolute Gasteiger partial charge is 0.252 e. The monoisotopic (exact) mass is 385 g/mol. The van der Waals surface area contributed by atoms with Gasteiger partial charge in [-0.3, -0.25) is 13.9 Å². The molecule has 0 fully saturated rings. The maximum Gasteiger partial charge on any atom is 0.252 e. The maximum absolute atomic E-state index is 11.4. The topological polar surface area (TPSA) is 92.8 Å². The summed E-state index contributed by atoms with van der Waals surface area (Å²) in [5.74, 6) is -0.161. The van der Waals surface area contributed by atoms with Crippen LogP contribution < -0.4 is 10.5 Å². The van der Waals surface area contributed by atoms with Gasteiger partial charge >= 0.3 is 0 Å². The number of carbonyl (C=O) groups is 1. The molecule has 0 aliphatic rings. The molecule has 0 atom stereocenters. The minimum atomic E-state index is -2.72. The molecule has 0 aromatic heterocycles. The normalized spacial score (nSPS) is 12.0. The summed E-state index contributed by atoms with van der Waals surface area (Å²) in [6.07, 6.45) is 1.37. The first kappa shape index (κ1) is 16.8. The Balaban J connectivity index is 2.12. The zero-order chi connectivity index (χ0) is 16.3. The van der Waals surface area contributed by atoms with E-state index in [-0.39, 0.29) is 6.61 Å². The van der Waals surface area contributed by atoms with Crippen molar-refractivity contribution in [3.8, 4) is 5.75 Å². The van der Waals surface area contributed by atoms with E-state index in [2.05, 4.69) is 15.9 Å². The molecule has 4 N–H and O–H groups in total. The van der Waals surface area contributed by atoms with Gasteiger partial charge in [-0.15, -0.1) is 0 Å². The van der Waals surface area contributed by atoms with Gasteiger partial charge in [0, 0.05) is 10.7 Å². The second-order valence-corrected chi connectivity index (χ2v) is 7.82. The second-order valence-electron chi connectivity index (χ2n) is 4.77. The highest BCUT2D eigenvalue weighted by atomic mass is 79.9. The van der Waals surface area contributed by atoms with Gasteiger partial charge in [0.25, 0.3) is 5.91 Å². The van der Waals surface area contributed by atoms with Crippen LogP contribution in [0.1, 0.15) is 15.9 Å². The van der Waals surface area contributed by atoms with Gasteiger partial charge in [-0.25, -0.2) is 0 Å². The van der Waals surface area contributed by atoms with Crippen molar-refractivity contribution in [3.05, 3.63) is 58.1 Å². The molecule has 2 aromatic carbocycles. The van der Waals surface area contributed by atoms with Crippen molar-refractivity contribution >= 4 is 32.4 Å². The van der Waals surface area contributed by atoms with Crippen molar-refractivity contribution in [2.75, 3.05) is 6.26 Å². The predicted octanol–water partition coefficient (Wildman–Crippen LogP) is 3.87. The van der Waals surface area contributed by atoms with Crippen LogP contribution in [-0.4, -0.2) is 21.3 Å². The molecule has 0 saturated carbocycles. The van der Waals surface area contributed by atoms with E-state index in [9.17, 15) is 13.9 Å². The van der Waals surface area contributed by atoms with Crippen LogP contribution in [0.3, 0.4) is 0 Å². The number of halogens is 1. The number of carbonyl (C=O) groups excluding carboxylic acids is 1. The summed E-state index contributed by atoms with van der Waals surface area (Å²) in [4.78, 5) is 11.9. The quantitative estimate of drug-likeness (QED) is 0.728. The van der Waals surface area contributed by atoms with Crippen LogP contribution in [0.5, 0.6) is 5.75 Å². The van der Waals surface area contributed by atoms with Crippen molar-refractivity contribution in [2.24, 2.45) is 5.73 Å². The highest BCUT2D eigenvalue weighted by molar-refractivity contribution is 9.10. The van der Waals surface area contributed by atoms with Gasteiger partial charge in [-0.05, 0) is 35.9 Å². The van der Waals surface area contributed by atoms with Gasteiger partial charge in [0.1, 0.15) is 12.4 Å². The Morgan fingerprint density at radius 1 is 1.23 bits per heavy atom. The lowest BCUT2D eigenvalue weighted by Crippen LogP contribution is -2.13. The summed E-state index contributed by atoms with van der Waals surface area (Å²) >= 11 is 3.28. The molecule has 1 amide bonds. The Bertz CT molecular complexity index is 683. The third-order valence-corrected chi connectivity index (χ3v) is 4.63. The molecule has 0 unspecified atom stereocenters. The summed E-state index contributed by atoms with van der Waals surface area (Å²) in [5, 5.41) is 0. The fraction of sp³-hybridized carbons (Fsp3) is 0.133. The molecule has 0 spiro atoms. The highest BCUT2D eigenvalue weighted by Gasteiger charge is 2.11. The molecule has 2 aromatic rings. The number of nitrogens with two attached hydrogens (primary N) is 1. The molecule has 0 aliphatic heterocycles. The van der Waals surface area contributed by atoms with Crippen molar-refractivity contribution in [1.82, 2.24) is 0 Å². The van der Waals surface area contributed by atoms with Gasteiger partial charge in [0.15, 0.2) is 0 Å². The molecule has 2 rings (SSSR count). The number of rotatable bonds is 5. The average molecular weight is 386 g/mol. The number of primary amides is 1. The minimum Gasteiger partial charge on any atom is -0.488 e. The molecule has 5 nitrogen and oxygen atoms in total. The number of benzene rings is 2. The zero-order valence-corrected chi connectivity index (χ0v) is 14.2. The van der Waals surface area contributed by atoms with E-state index in [0.717, 1.165) is 10.0 Å². The third kappa shape index (κ3) is 4.23. The van der Waals surface area contributed by atoms with Crippen molar-refractivity contribution in [2.45, 2.75) is 11.5 Å². The fourth-order valence-electron chi connectivity index (χ4n) is 1.83. The average Bonchev–Trinajstić information content (AvgIpc) is 2.45. The van der Waals surface area contributed by atoms with Crippen LogP contribution in [0.4, 0.5) is 0 Å². The fourth-order valence-corrected chi connectivity index (χ4v) is 2.84. The SMILES string of the molecule is CS(O)(O)c1ccc(COc2ccc(Br)cc2C(N)=O)cc1. The van der Waals surface area contributed by atoms with Crippen molar-refractivity contribution in [3.63, 3.8) is 0 Å². The van der Waals surface area contributed by atoms with Crippen LogP contribution in [0.2, 0.25) is 0 Å². The molecule has 0 heterocycles. The minimum absolute atomic E-state index is 0.241. The van der Waals surface area contributed by atoms with Crippen LogP contribution in [0.25, 0.3) is 0 Å². The number of hydrogen-bond donors (Lipinski definition) is 3. The van der Waals surface area contributed by atoms with Crippen LogP contribution in [-0.2, 0) is 6.61 Å². The number of ether oxygens (including phenoxy) is 1. The number of hydrogen-bond acceptors (Lipinski definition) is 4. The van der Waals surface area contributed by atoms with E-state index in [1.54, 1.807) is 42.5 Å². The van der Waals surface area contributed by atoms with E-state index in [4.69, 9.17) is 10.5 Å². The second kappa shape index (κ2) is 6.70. The lowest BCUT2D eigenvalue weighted by atomic mass is 10.2. The molecule has 0 aliphatic carbocycles. The van der Waals surface area contributed by atoms with E-state index in [1.165, 1.54) is 6.26 Å². The Morgan fingerprint density at radius 2 is 1.86 bits per heavy atom. The Morgan fingerprint density at radius 3 is 2.41 bits per heavy atom. The molecule has 0 radical (unpaired) electrons. The summed E-state index contributed by atoms with van der Waals surface area (Å²) in [6.45, 7) is 0.241. The molecule has 0 saturated heterocycles. The molecule has 22 heavy (non-hydrogen) atoms. The van der Waals surface area contributed by atoms with E-state index in [1.807, 2.05) is 0 Å². The van der Waals surface area contributed by atoms with Gasteiger partial charge in [0.05, 0.1) is 10.5 Å². The van der Waals surface area contributed by atoms with Crippen LogP contribution in [0, 0.1) is 0 Å². The Kier molecular flexibility index (Phi) is 5.12. The van der Waals surface area contributed by atoms with Crippen molar-refractivity contribution < 1.29 is 18.6 Å². The highest BCUT2D eigenvalue weighted by Crippen LogP contribution is 2.43. The molecule has 0 bridgehead atoms. The van der Waals surface area contributed by atoms with Gasteiger partial charge in [-0.2, -0.15) is 10.6 Å². The van der Waals surface area contributed by atoms with Crippen LogP contribution >= 0.6 is 26.5 Å². The van der Waals surface area contributed by atoms with E-state index in [0.29, 0.717) is 16.2 Å². The number of amides is 1. The van der Waals surface area contributed by atoms with E-state index >= 15 is 0 Å². The van der Waals surface area contributed by atoms with Gasteiger partial charge in [0.2, 0.25) is 0 Å². The molecule has 118 valence electrons. The van der Waals surface area contributed by atoms with Crippen LogP contribution in [0.15, 0.2) is 51.8 Å². The molecular formula is C15H16BrNO4S. The lowest BCUT2D eigenvalue weighted by molar-refractivity contribution is 0.0996. The Labute approximate surface area is 138 Å². The summed E-state index contributed by atoms with van der Waals surface area (Å²) < 4.78 is 25.5. The zero-order valence-electron chi connectivity index (χ0n) is 11.8. The first-order chi connectivity index (χ1) is 10.3. The standard InChI is InChI=1S/C15H16BrNO4S/c1-22(19,20)12-5-2-10(3-6-12)9-21-14-7-4-11(16)8-13(14)15(17)18/h2-8,19-20H,9H2,1H3,(H2,17,18). The van der Waals surface area contributed by atoms with Crippen molar-refractivity contribution in [1.29, 1.82) is 0 Å². The summed E-state index contributed by atoms with van der Waals surface area (Å²) in [5.41, 5.74) is 6.47. The predicted molar refractivity (Wildman–Crippen MR) is 90.5 cm³/mol. The van der Waals surface area contributed by atoms with Gasteiger partial charge in [-0.1, -0.05) is 28.1 Å². The first-order valence-electron chi connectivity index (χ1n) is 6.32. The largest absolute Gasteiger partial charge is 0.488 e. The molecule has 7 heteroatoms.